The zero-order valence-corrected chi connectivity index (χ0v) is 17.4. The van der Waals surface area contributed by atoms with E-state index in [0.29, 0.717) is 9.59 Å². The number of esters is 1. The highest BCUT2D eigenvalue weighted by molar-refractivity contribution is 6.30. The second-order valence-corrected chi connectivity index (χ2v) is 7.34. The largest absolute Gasteiger partial charge is 0.459 e. The molecule has 2 heterocycles. The Labute approximate surface area is 180 Å². The molecule has 31 heavy (non-hydrogen) atoms. The molecule has 0 N–H and O–H groups in total. The van der Waals surface area contributed by atoms with Crippen molar-refractivity contribution in [3.8, 4) is 0 Å². The summed E-state index contributed by atoms with van der Waals surface area (Å²) in [5, 5.41) is 4.03. The van der Waals surface area contributed by atoms with E-state index in [0.717, 1.165) is 11.5 Å². The summed E-state index contributed by atoms with van der Waals surface area (Å²) in [6.45, 7) is 2.32. The fourth-order valence-electron chi connectivity index (χ4n) is 3.26. The monoisotopic (exact) mass is 447 g/mol. The number of rotatable bonds is 5. The Morgan fingerprint density at radius 2 is 2.13 bits per heavy atom. The fourth-order valence-corrected chi connectivity index (χ4v) is 3.45. The van der Waals surface area contributed by atoms with E-state index in [9.17, 15) is 19.2 Å². The molecule has 0 radical (unpaired) electrons. The van der Waals surface area contributed by atoms with Crippen molar-refractivity contribution >= 4 is 23.5 Å². The Hall–Kier alpha value is -3.40. The van der Waals surface area contributed by atoms with Crippen LogP contribution in [0.4, 0.5) is 0 Å². The Balaban J connectivity index is 1.83. The van der Waals surface area contributed by atoms with Crippen molar-refractivity contribution in [3.05, 3.63) is 77.9 Å². The van der Waals surface area contributed by atoms with Gasteiger partial charge in [0.25, 0.3) is 5.56 Å². The Bertz CT molecular complexity index is 1200. The first kappa shape index (κ1) is 22.3. The molecular formula is C19H18ClN5O6. The highest BCUT2D eigenvalue weighted by atomic mass is 35.5. The number of ether oxygens (including phenoxy) is 2. The summed E-state index contributed by atoms with van der Waals surface area (Å²) in [4.78, 5) is 51.6. The fraction of sp³-hybridized carbons (Fsp3) is 0.368. The second kappa shape index (κ2) is 9.17. The Kier molecular flexibility index (Phi) is 6.59. The van der Waals surface area contributed by atoms with Crippen LogP contribution in [0.15, 0.2) is 45.2 Å². The van der Waals surface area contributed by atoms with Gasteiger partial charge in [-0.2, -0.15) is 4.57 Å². The lowest BCUT2D eigenvalue weighted by atomic mass is 10.1. The maximum atomic E-state index is 12.6. The molecule has 0 saturated carbocycles. The number of hydrogen-bond acceptors (Lipinski definition) is 7. The van der Waals surface area contributed by atoms with Gasteiger partial charge in [-0.1, -0.05) is 22.8 Å². The van der Waals surface area contributed by atoms with E-state index in [1.54, 1.807) is 12.1 Å². The number of carbonyl (C=O) groups excluding carboxylic acids is 2. The van der Waals surface area contributed by atoms with Gasteiger partial charge in [0.15, 0.2) is 0 Å². The molecule has 0 spiro atoms. The maximum absolute atomic E-state index is 12.6. The van der Waals surface area contributed by atoms with E-state index in [4.69, 9.17) is 26.6 Å². The molecule has 2 aromatic rings. The quantitative estimate of drug-likeness (QED) is 0.298. The number of azide groups is 1. The molecule has 0 unspecified atom stereocenters. The third-order valence-electron chi connectivity index (χ3n) is 4.75. The van der Waals surface area contributed by atoms with Crippen LogP contribution < -0.4 is 11.2 Å². The van der Waals surface area contributed by atoms with Gasteiger partial charge in [0, 0.05) is 35.0 Å². The van der Waals surface area contributed by atoms with Crippen LogP contribution in [0, 0.1) is 6.92 Å². The summed E-state index contributed by atoms with van der Waals surface area (Å²) in [5.41, 5.74) is 7.67. The van der Waals surface area contributed by atoms with Crippen LogP contribution in [0.2, 0.25) is 5.02 Å². The number of halogens is 1. The normalized spacial score (nSPS) is 20.2. The summed E-state index contributed by atoms with van der Waals surface area (Å²) in [6, 6.07) is 5.45. The molecule has 1 saturated heterocycles. The van der Waals surface area contributed by atoms with E-state index in [1.807, 2.05) is 0 Å². The second-order valence-electron chi connectivity index (χ2n) is 6.91. The molecule has 3 rings (SSSR count). The molecule has 1 fully saturated rings. The van der Waals surface area contributed by atoms with E-state index in [-0.39, 0.29) is 24.2 Å². The minimum atomic E-state index is -0.928. The van der Waals surface area contributed by atoms with Gasteiger partial charge >= 0.3 is 11.7 Å². The molecule has 162 valence electrons. The molecule has 0 amide bonds. The van der Waals surface area contributed by atoms with Crippen LogP contribution >= 0.6 is 11.6 Å². The van der Waals surface area contributed by atoms with Crippen molar-refractivity contribution in [1.82, 2.24) is 9.13 Å². The van der Waals surface area contributed by atoms with Crippen LogP contribution in [0.3, 0.4) is 0 Å². The van der Waals surface area contributed by atoms with Crippen molar-refractivity contribution < 1.29 is 19.1 Å². The average Bonchev–Trinajstić information content (AvgIpc) is 3.11. The van der Waals surface area contributed by atoms with Gasteiger partial charge in [-0.25, -0.2) is 9.59 Å². The van der Waals surface area contributed by atoms with Crippen LogP contribution in [0.25, 0.3) is 10.4 Å². The first-order chi connectivity index (χ1) is 14.7. The van der Waals surface area contributed by atoms with Crippen LogP contribution in [0.1, 0.15) is 40.3 Å². The maximum Gasteiger partial charge on any atom is 0.340 e. The van der Waals surface area contributed by atoms with Gasteiger partial charge in [0.2, 0.25) is 5.91 Å². The van der Waals surface area contributed by atoms with Gasteiger partial charge < -0.3 is 9.47 Å². The highest BCUT2D eigenvalue weighted by Gasteiger charge is 2.37. The van der Waals surface area contributed by atoms with E-state index < -0.39 is 41.5 Å². The Morgan fingerprint density at radius 3 is 2.77 bits per heavy atom. The van der Waals surface area contributed by atoms with Gasteiger partial charge in [0.1, 0.15) is 18.9 Å². The third kappa shape index (κ3) is 4.69. The van der Waals surface area contributed by atoms with Crippen LogP contribution in [-0.2, 0) is 9.47 Å². The number of carbonyl (C=O) groups is 2. The third-order valence-corrected chi connectivity index (χ3v) is 4.99. The SMILES string of the molecule is CC(=O)n1c(=O)c(C)cn([C@H]2C[C@H](N=[N+]=[N-])[C@@H](COC(=O)c3cccc(Cl)c3)O2)c1=O. The van der Waals surface area contributed by atoms with Crippen LogP contribution in [0.5, 0.6) is 0 Å². The number of aryl methyl sites for hydroxylation is 1. The van der Waals surface area contributed by atoms with E-state index in [2.05, 4.69) is 10.0 Å². The summed E-state index contributed by atoms with van der Waals surface area (Å²) < 4.78 is 12.7. The number of aromatic nitrogens is 2. The minimum absolute atomic E-state index is 0.0822. The average molecular weight is 448 g/mol. The molecule has 12 heteroatoms. The van der Waals surface area contributed by atoms with Crippen molar-refractivity contribution in [1.29, 1.82) is 0 Å². The van der Waals surface area contributed by atoms with Crippen molar-refractivity contribution in [3.63, 3.8) is 0 Å². The molecule has 0 aliphatic carbocycles. The lowest BCUT2D eigenvalue weighted by Gasteiger charge is -2.18. The predicted molar refractivity (Wildman–Crippen MR) is 109 cm³/mol. The highest BCUT2D eigenvalue weighted by Crippen LogP contribution is 2.30. The molecule has 1 aromatic carbocycles. The molecule has 0 bridgehead atoms. The first-order valence-electron chi connectivity index (χ1n) is 9.21. The summed E-state index contributed by atoms with van der Waals surface area (Å²) in [5.74, 6) is -1.38. The van der Waals surface area contributed by atoms with Gasteiger partial charge in [0.05, 0.1) is 11.6 Å². The van der Waals surface area contributed by atoms with Crippen molar-refractivity contribution in [2.24, 2.45) is 5.11 Å². The first-order valence-corrected chi connectivity index (χ1v) is 9.58. The molecule has 1 aromatic heterocycles. The summed E-state index contributed by atoms with van der Waals surface area (Å²) in [6.07, 6.45) is -0.405. The molecule has 3 atom stereocenters. The number of nitrogens with zero attached hydrogens (tertiary/aromatic N) is 5. The Morgan fingerprint density at radius 1 is 1.39 bits per heavy atom. The number of hydrogen-bond donors (Lipinski definition) is 0. The molecule has 1 aliphatic heterocycles. The zero-order valence-electron chi connectivity index (χ0n) is 16.6. The van der Waals surface area contributed by atoms with E-state index >= 15 is 0 Å². The molecular weight excluding hydrogens is 430 g/mol. The smallest absolute Gasteiger partial charge is 0.340 e. The summed E-state index contributed by atoms with van der Waals surface area (Å²) in [7, 11) is 0. The lowest BCUT2D eigenvalue weighted by Crippen LogP contribution is -2.44. The minimum Gasteiger partial charge on any atom is -0.459 e. The van der Waals surface area contributed by atoms with Crippen molar-refractivity contribution in [2.75, 3.05) is 6.61 Å². The van der Waals surface area contributed by atoms with Crippen LogP contribution in [-0.4, -0.2) is 39.8 Å². The number of benzene rings is 1. The lowest BCUT2D eigenvalue weighted by molar-refractivity contribution is -0.0366. The standard InChI is InChI=1S/C19H18ClN5O6/c1-10-8-24(19(29)25(11(2)26)17(10)27)16-7-14(22-23-21)15(31-16)9-30-18(28)12-4-3-5-13(20)6-12/h3-6,8,14-16H,7,9H2,1-2H3/t14-,15+,16+/m0/s1. The zero-order chi connectivity index (χ0) is 22.7. The van der Waals surface area contributed by atoms with E-state index in [1.165, 1.54) is 25.3 Å². The van der Waals surface area contributed by atoms with Gasteiger partial charge in [-0.3, -0.25) is 14.2 Å². The molecule has 1 aliphatic rings. The summed E-state index contributed by atoms with van der Waals surface area (Å²) >= 11 is 5.87. The predicted octanol–water partition coefficient (Wildman–Crippen LogP) is 2.46. The van der Waals surface area contributed by atoms with Gasteiger partial charge in [-0.05, 0) is 30.7 Å². The van der Waals surface area contributed by atoms with Crippen molar-refractivity contribution in [2.45, 2.75) is 38.6 Å². The topological polar surface area (TPSA) is 145 Å². The molecule has 11 nitrogen and oxygen atoms in total. The van der Waals surface area contributed by atoms with Gasteiger partial charge in [-0.15, -0.1) is 0 Å².